The summed E-state index contributed by atoms with van der Waals surface area (Å²) >= 11 is 3.87. The van der Waals surface area contributed by atoms with Gasteiger partial charge in [0.1, 0.15) is 5.76 Å². The first-order valence-electron chi connectivity index (χ1n) is 7.69. The third-order valence-electron chi connectivity index (χ3n) is 3.66. The van der Waals surface area contributed by atoms with Crippen molar-refractivity contribution in [3.05, 3.63) is 54.2 Å². The summed E-state index contributed by atoms with van der Waals surface area (Å²) in [5.74, 6) is 4.40. The normalized spacial score (nSPS) is 17.8. The second kappa shape index (κ2) is 8.45. The van der Waals surface area contributed by atoms with Gasteiger partial charge in [0.25, 0.3) is 0 Å². The number of pyridine rings is 1. The molecule has 1 aliphatic rings. The van der Waals surface area contributed by atoms with E-state index >= 15 is 0 Å². The fourth-order valence-electron chi connectivity index (χ4n) is 2.51. The number of carbonyl (C=O) groups excluding carboxylic acids is 1. The maximum Gasteiger partial charge on any atom is 0.224 e. The molecule has 0 aromatic carbocycles. The SMILES string of the molecule is O=C(CC1CSCCS1)N(Cc1cccnc1)Cc1ccco1. The lowest BCUT2D eigenvalue weighted by molar-refractivity contribution is -0.132. The lowest BCUT2D eigenvalue weighted by Gasteiger charge is -2.26. The number of rotatable bonds is 6. The van der Waals surface area contributed by atoms with Crippen LogP contribution in [0.3, 0.4) is 0 Å². The highest BCUT2D eigenvalue weighted by Gasteiger charge is 2.22. The highest BCUT2D eigenvalue weighted by molar-refractivity contribution is 8.06. The average Bonchev–Trinajstić information content (AvgIpc) is 3.09. The van der Waals surface area contributed by atoms with Crippen LogP contribution >= 0.6 is 23.5 Å². The number of hydrogen-bond donors (Lipinski definition) is 0. The van der Waals surface area contributed by atoms with Crippen molar-refractivity contribution in [3.8, 4) is 0 Å². The summed E-state index contributed by atoms with van der Waals surface area (Å²) in [5.41, 5.74) is 1.04. The first-order valence-corrected chi connectivity index (χ1v) is 9.90. The van der Waals surface area contributed by atoms with Gasteiger partial charge in [-0.25, -0.2) is 0 Å². The molecular formula is C17H20N2O2S2. The van der Waals surface area contributed by atoms with Crippen LogP contribution in [0.15, 0.2) is 47.3 Å². The van der Waals surface area contributed by atoms with Gasteiger partial charge in [0.15, 0.2) is 0 Å². The predicted octanol–water partition coefficient (Wildman–Crippen LogP) is 3.44. The number of carbonyl (C=O) groups is 1. The quantitative estimate of drug-likeness (QED) is 0.800. The lowest BCUT2D eigenvalue weighted by Crippen LogP contribution is -2.33. The number of thioether (sulfide) groups is 2. The second-order valence-corrected chi connectivity index (χ2v) is 8.02. The Hall–Kier alpha value is -1.40. The molecular weight excluding hydrogens is 328 g/mol. The number of nitrogens with zero attached hydrogens (tertiary/aromatic N) is 2. The van der Waals surface area contributed by atoms with Gasteiger partial charge < -0.3 is 9.32 Å². The Morgan fingerprint density at radius 1 is 1.30 bits per heavy atom. The molecule has 1 aliphatic heterocycles. The first kappa shape index (κ1) is 16.5. The largest absolute Gasteiger partial charge is 0.467 e. The maximum atomic E-state index is 12.8. The Balaban J connectivity index is 1.66. The molecule has 0 aliphatic carbocycles. The van der Waals surface area contributed by atoms with Crippen LogP contribution in [-0.4, -0.2) is 38.3 Å². The Morgan fingerprint density at radius 3 is 2.96 bits per heavy atom. The molecule has 0 spiro atoms. The maximum absolute atomic E-state index is 12.8. The highest BCUT2D eigenvalue weighted by Crippen LogP contribution is 2.27. The molecule has 1 fully saturated rings. The van der Waals surface area contributed by atoms with E-state index in [1.807, 2.05) is 58.9 Å². The van der Waals surface area contributed by atoms with E-state index in [1.54, 1.807) is 12.5 Å². The van der Waals surface area contributed by atoms with Crippen molar-refractivity contribution in [3.63, 3.8) is 0 Å². The van der Waals surface area contributed by atoms with Crippen molar-refractivity contribution in [1.82, 2.24) is 9.88 Å². The van der Waals surface area contributed by atoms with Crippen molar-refractivity contribution < 1.29 is 9.21 Å². The van der Waals surface area contributed by atoms with Crippen LogP contribution in [0.25, 0.3) is 0 Å². The van der Waals surface area contributed by atoms with E-state index in [9.17, 15) is 4.79 Å². The van der Waals surface area contributed by atoms with E-state index in [2.05, 4.69) is 4.98 Å². The molecule has 23 heavy (non-hydrogen) atoms. The standard InChI is InChI=1S/C17H20N2O2S2/c20-17(9-16-13-22-7-8-23-16)19(12-15-4-2-6-21-15)11-14-3-1-5-18-10-14/h1-6,10,16H,7-9,11-13H2. The Labute approximate surface area is 145 Å². The minimum Gasteiger partial charge on any atom is -0.467 e. The van der Waals surface area contributed by atoms with E-state index < -0.39 is 0 Å². The van der Waals surface area contributed by atoms with Gasteiger partial charge >= 0.3 is 0 Å². The molecule has 1 unspecified atom stereocenters. The summed E-state index contributed by atoms with van der Waals surface area (Å²) in [5, 5.41) is 0.425. The van der Waals surface area contributed by atoms with Gasteiger partial charge in [0.05, 0.1) is 12.8 Å². The van der Waals surface area contributed by atoms with E-state index in [0.29, 0.717) is 24.8 Å². The molecule has 2 aromatic rings. The van der Waals surface area contributed by atoms with E-state index in [0.717, 1.165) is 22.8 Å². The predicted molar refractivity (Wildman–Crippen MR) is 95.4 cm³/mol. The first-order chi connectivity index (χ1) is 11.3. The number of aromatic nitrogens is 1. The second-order valence-electron chi connectivity index (χ2n) is 5.46. The van der Waals surface area contributed by atoms with E-state index in [1.165, 1.54) is 5.75 Å². The van der Waals surface area contributed by atoms with Crippen molar-refractivity contribution in [2.45, 2.75) is 24.8 Å². The topological polar surface area (TPSA) is 46.3 Å². The summed E-state index contributed by atoms with van der Waals surface area (Å²) in [4.78, 5) is 18.8. The van der Waals surface area contributed by atoms with Crippen LogP contribution in [0.2, 0.25) is 0 Å². The average molecular weight is 348 g/mol. The van der Waals surface area contributed by atoms with E-state index in [4.69, 9.17) is 4.42 Å². The van der Waals surface area contributed by atoms with Gasteiger partial charge in [-0.15, -0.1) is 0 Å². The minimum atomic E-state index is 0.185. The summed E-state index contributed by atoms with van der Waals surface area (Å²) in [6.45, 7) is 1.07. The lowest BCUT2D eigenvalue weighted by atomic mass is 10.2. The number of amides is 1. The molecule has 2 aromatic heterocycles. The number of hydrogen-bond acceptors (Lipinski definition) is 5. The fraction of sp³-hybridized carbons (Fsp3) is 0.412. The van der Waals surface area contributed by atoms with Crippen molar-refractivity contribution in [1.29, 1.82) is 0 Å². The molecule has 1 amide bonds. The van der Waals surface area contributed by atoms with Gasteiger partial charge in [0, 0.05) is 47.9 Å². The molecule has 4 nitrogen and oxygen atoms in total. The van der Waals surface area contributed by atoms with Gasteiger partial charge in [-0.3, -0.25) is 9.78 Å². The molecule has 1 atom stereocenters. The van der Waals surface area contributed by atoms with Crippen LogP contribution in [0.4, 0.5) is 0 Å². The highest BCUT2D eigenvalue weighted by atomic mass is 32.2. The van der Waals surface area contributed by atoms with Gasteiger partial charge in [-0.2, -0.15) is 23.5 Å². The molecule has 6 heteroatoms. The zero-order valence-corrected chi connectivity index (χ0v) is 14.5. The smallest absolute Gasteiger partial charge is 0.224 e. The number of furan rings is 1. The van der Waals surface area contributed by atoms with Gasteiger partial charge in [0.2, 0.25) is 5.91 Å². The summed E-state index contributed by atoms with van der Waals surface area (Å²) in [6, 6.07) is 7.67. The third kappa shape index (κ3) is 5.04. The molecule has 0 bridgehead atoms. The molecule has 3 rings (SSSR count). The van der Waals surface area contributed by atoms with Crippen molar-refractivity contribution in [2.24, 2.45) is 0 Å². The molecule has 0 saturated carbocycles. The zero-order valence-electron chi connectivity index (χ0n) is 12.9. The van der Waals surface area contributed by atoms with Gasteiger partial charge in [-0.1, -0.05) is 6.07 Å². The molecule has 0 N–H and O–H groups in total. The Kier molecular flexibility index (Phi) is 6.05. The molecule has 122 valence electrons. The minimum absolute atomic E-state index is 0.185. The monoisotopic (exact) mass is 348 g/mol. The summed E-state index contributed by atoms with van der Waals surface area (Å²) < 4.78 is 5.42. The van der Waals surface area contributed by atoms with Crippen molar-refractivity contribution >= 4 is 29.4 Å². The Morgan fingerprint density at radius 2 is 2.26 bits per heavy atom. The molecule has 1 saturated heterocycles. The van der Waals surface area contributed by atoms with Crippen LogP contribution < -0.4 is 0 Å². The molecule has 3 heterocycles. The van der Waals surface area contributed by atoms with Crippen LogP contribution in [-0.2, 0) is 17.9 Å². The van der Waals surface area contributed by atoms with E-state index in [-0.39, 0.29) is 5.91 Å². The van der Waals surface area contributed by atoms with Crippen LogP contribution in [0.5, 0.6) is 0 Å². The van der Waals surface area contributed by atoms with Gasteiger partial charge in [-0.05, 0) is 23.8 Å². The van der Waals surface area contributed by atoms with Crippen molar-refractivity contribution in [2.75, 3.05) is 17.3 Å². The third-order valence-corrected chi connectivity index (χ3v) is 6.51. The van der Waals surface area contributed by atoms with Crippen LogP contribution in [0, 0.1) is 0 Å². The van der Waals surface area contributed by atoms with Crippen LogP contribution in [0.1, 0.15) is 17.7 Å². The summed E-state index contributed by atoms with van der Waals surface area (Å²) in [7, 11) is 0. The molecule has 0 radical (unpaired) electrons. The summed E-state index contributed by atoms with van der Waals surface area (Å²) in [6.07, 6.45) is 5.81. The fourth-order valence-corrected chi connectivity index (χ4v) is 5.18. The zero-order chi connectivity index (χ0) is 15.9. The Bertz CT molecular complexity index is 598.